The molecule has 1 aliphatic rings. The monoisotopic (exact) mass is 231 g/mol. The normalized spacial score (nSPS) is 16.8. The first-order valence-electron chi connectivity index (χ1n) is 5.04. The third-order valence-electron chi connectivity index (χ3n) is 2.66. The Bertz CT molecular complexity index is 389. The summed E-state index contributed by atoms with van der Waals surface area (Å²) in [6, 6.07) is 3.41. The van der Waals surface area contributed by atoms with Crippen LogP contribution in [0.15, 0.2) is 18.2 Å². The average molecular weight is 231 g/mol. The van der Waals surface area contributed by atoms with Gasteiger partial charge in [0.15, 0.2) is 0 Å². The van der Waals surface area contributed by atoms with Gasteiger partial charge in [0.25, 0.3) is 0 Å². The van der Waals surface area contributed by atoms with Crippen LogP contribution in [0.2, 0.25) is 0 Å². The van der Waals surface area contributed by atoms with Crippen molar-refractivity contribution in [3.63, 3.8) is 0 Å². The molecule has 88 valence electrons. The maximum absolute atomic E-state index is 12.3. The van der Waals surface area contributed by atoms with E-state index >= 15 is 0 Å². The minimum atomic E-state index is -4.36. The maximum Gasteiger partial charge on any atom is 0.403 e. The van der Waals surface area contributed by atoms with Gasteiger partial charge in [0.2, 0.25) is 0 Å². The third kappa shape index (κ3) is 2.14. The summed E-state index contributed by atoms with van der Waals surface area (Å²) in [4.78, 5) is 0. The summed E-state index contributed by atoms with van der Waals surface area (Å²) in [6.07, 6.45) is -3.83. The van der Waals surface area contributed by atoms with Gasteiger partial charge >= 0.3 is 6.18 Å². The van der Waals surface area contributed by atoms with E-state index in [0.717, 1.165) is 12.0 Å². The molecule has 16 heavy (non-hydrogen) atoms. The number of nitrogens with two attached hydrogens (primary N) is 1. The number of ether oxygens (including phenoxy) is 1. The molecule has 0 saturated carbocycles. The molecule has 1 heterocycles. The van der Waals surface area contributed by atoms with Gasteiger partial charge in [0.05, 0.1) is 6.61 Å². The Hall–Kier alpha value is -1.23. The zero-order valence-corrected chi connectivity index (χ0v) is 8.55. The molecular formula is C11H12F3NO. The highest BCUT2D eigenvalue weighted by atomic mass is 19.4. The van der Waals surface area contributed by atoms with Crippen LogP contribution in [-0.2, 0) is 12.8 Å². The van der Waals surface area contributed by atoms with E-state index in [-0.39, 0.29) is 6.42 Å². The lowest BCUT2D eigenvalue weighted by atomic mass is 10.0. The van der Waals surface area contributed by atoms with E-state index in [9.17, 15) is 13.2 Å². The minimum Gasteiger partial charge on any atom is -0.493 e. The lowest BCUT2D eigenvalue weighted by molar-refractivity contribution is -0.147. The molecule has 0 aliphatic carbocycles. The topological polar surface area (TPSA) is 35.2 Å². The summed E-state index contributed by atoms with van der Waals surface area (Å²) in [7, 11) is 0. The molecule has 0 fully saturated rings. The van der Waals surface area contributed by atoms with Crippen molar-refractivity contribution in [2.75, 3.05) is 6.61 Å². The van der Waals surface area contributed by atoms with Crippen LogP contribution in [-0.4, -0.2) is 18.8 Å². The Morgan fingerprint density at radius 2 is 2.12 bits per heavy atom. The number of benzene rings is 1. The van der Waals surface area contributed by atoms with Gasteiger partial charge in [-0.3, -0.25) is 0 Å². The molecule has 2 nitrogen and oxygen atoms in total. The standard InChI is InChI=1S/C11H12F3NO/c12-11(13,14)9(15)6-8-3-1-2-7-4-5-16-10(7)8/h1-3,9H,4-6,15H2. The molecule has 2 N–H and O–H groups in total. The fourth-order valence-electron chi connectivity index (χ4n) is 1.80. The van der Waals surface area contributed by atoms with E-state index in [2.05, 4.69) is 0 Å². The van der Waals surface area contributed by atoms with E-state index in [1.165, 1.54) is 0 Å². The van der Waals surface area contributed by atoms with Crippen molar-refractivity contribution in [1.29, 1.82) is 0 Å². The average Bonchev–Trinajstić information content (AvgIpc) is 2.65. The maximum atomic E-state index is 12.3. The lowest BCUT2D eigenvalue weighted by Crippen LogP contribution is -2.39. The Morgan fingerprint density at radius 3 is 2.81 bits per heavy atom. The van der Waals surface area contributed by atoms with Crippen molar-refractivity contribution < 1.29 is 17.9 Å². The molecule has 1 unspecified atom stereocenters. The highest BCUT2D eigenvalue weighted by Gasteiger charge is 2.37. The fourth-order valence-corrected chi connectivity index (χ4v) is 1.80. The third-order valence-corrected chi connectivity index (χ3v) is 2.66. The molecule has 1 aromatic rings. The van der Waals surface area contributed by atoms with Crippen molar-refractivity contribution in [1.82, 2.24) is 0 Å². The van der Waals surface area contributed by atoms with Crippen LogP contribution in [0.1, 0.15) is 11.1 Å². The second-order valence-electron chi connectivity index (χ2n) is 3.86. The highest BCUT2D eigenvalue weighted by molar-refractivity contribution is 5.44. The van der Waals surface area contributed by atoms with Gasteiger partial charge in [-0.05, 0) is 17.5 Å². The molecule has 0 saturated heterocycles. The van der Waals surface area contributed by atoms with E-state index in [4.69, 9.17) is 10.5 Å². The molecule has 1 aliphatic heterocycles. The number of fused-ring (bicyclic) bond motifs is 1. The predicted molar refractivity (Wildman–Crippen MR) is 53.4 cm³/mol. The molecule has 0 radical (unpaired) electrons. The van der Waals surface area contributed by atoms with E-state index in [0.29, 0.717) is 17.9 Å². The van der Waals surface area contributed by atoms with Crippen molar-refractivity contribution >= 4 is 0 Å². The fraction of sp³-hybridized carbons (Fsp3) is 0.455. The molecule has 0 aromatic heterocycles. The summed E-state index contributed by atoms with van der Waals surface area (Å²) < 4.78 is 42.3. The summed E-state index contributed by atoms with van der Waals surface area (Å²) in [6.45, 7) is 0.535. The summed E-state index contributed by atoms with van der Waals surface area (Å²) in [5.41, 5.74) is 6.60. The molecular weight excluding hydrogens is 219 g/mol. The van der Waals surface area contributed by atoms with Crippen LogP contribution in [0.3, 0.4) is 0 Å². The number of rotatable bonds is 2. The number of halogens is 3. The van der Waals surface area contributed by atoms with Crippen molar-refractivity contribution in [3.05, 3.63) is 29.3 Å². The van der Waals surface area contributed by atoms with Crippen LogP contribution >= 0.6 is 0 Å². The molecule has 1 aromatic carbocycles. The number of para-hydroxylation sites is 1. The van der Waals surface area contributed by atoms with Gasteiger partial charge in [-0.1, -0.05) is 18.2 Å². The summed E-state index contributed by atoms with van der Waals surface area (Å²) in [5.74, 6) is 0.585. The largest absolute Gasteiger partial charge is 0.493 e. The van der Waals surface area contributed by atoms with Gasteiger partial charge < -0.3 is 10.5 Å². The summed E-state index contributed by atoms with van der Waals surface area (Å²) in [5, 5.41) is 0. The second-order valence-corrected chi connectivity index (χ2v) is 3.86. The summed E-state index contributed by atoms with van der Waals surface area (Å²) >= 11 is 0. The number of hydrogen-bond donors (Lipinski definition) is 1. The van der Waals surface area contributed by atoms with Crippen LogP contribution in [0.4, 0.5) is 13.2 Å². The molecule has 0 spiro atoms. The second kappa shape index (κ2) is 3.97. The zero-order valence-electron chi connectivity index (χ0n) is 8.55. The van der Waals surface area contributed by atoms with Crippen LogP contribution < -0.4 is 10.5 Å². The van der Waals surface area contributed by atoms with Gasteiger partial charge in [-0.25, -0.2) is 0 Å². The molecule has 1 atom stereocenters. The Morgan fingerprint density at radius 1 is 1.38 bits per heavy atom. The number of hydrogen-bond acceptors (Lipinski definition) is 2. The Kier molecular flexibility index (Phi) is 2.80. The first kappa shape index (κ1) is 11.3. The van der Waals surface area contributed by atoms with E-state index < -0.39 is 12.2 Å². The van der Waals surface area contributed by atoms with Gasteiger partial charge in [-0.2, -0.15) is 13.2 Å². The first-order valence-corrected chi connectivity index (χ1v) is 5.04. The Labute approximate surface area is 91.2 Å². The lowest BCUT2D eigenvalue weighted by Gasteiger charge is -2.16. The molecule has 5 heteroatoms. The first-order chi connectivity index (χ1) is 7.48. The van der Waals surface area contributed by atoms with Crippen molar-refractivity contribution in [2.45, 2.75) is 25.1 Å². The highest BCUT2D eigenvalue weighted by Crippen LogP contribution is 2.32. The number of alkyl halides is 3. The minimum absolute atomic E-state index is 0.229. The van der Waals surface area contributed by atoms with Crippen molar-refractivity contribution in [3.8, 4) is 5.75 Å². The van der Waals surface area contributed by atoms with E-state index in [1.807, 2.05) is 6.07 Å². The van der Waals surface area contributed by atoms with E-state index in [1.54, 1.807) is 12.1 Å². The van der Waals surface area contributed by atoms with Gasteiger partial charge in [-0.15, -0.1) is 0 Å². The smallest absolute Gasteiger partial charge is 0.403 e. The van der Waals surface area contributed by atoms with Crippen LogP contribution in [0.5, 0.6) is 5.75 Å². The molecule has 0 amide bonds. The SMILES string of the molecule is NC(Cc1cccc2c1OCC2)C(F)(F)F. The van der Waals surface area contributed by atoms with Crippen LogP contribution in [0, 0.1) is 0 Å². The van der Waals surface area contributed by atoms with Gasteiger partial charge in [0.1, 0.15) is 11.8 Å². The Balaban J connectivity index is 2.20. The van der Waals surface area contributed by atoms with Crippen molar-refractivity contribution in [2.24, 2.45) is 5.73 Å². The zero-order chi connectivity index (χ0) is 11.8. The molecule has 0 bridgehead atoms. The predicted octanol–water partition coefficient (Wildman–Crippen LogP) is 2.05. The van der Waals surface area contributed by atoms with Gasteiger partial charge in [0, 0.05) is 6.42 Å². The quantitative estimate of drug-likeness (QED) is 0.845. The molecule has 2 rings (SSSR count). The van der Waals surface area contributed by atoms with Crippen LogP contribution in [0.25, 0.3) is 0 Å².